The van der Waals surface area contributed by atoms with Gasteiger partial charge < -0.3 is 5.32 Å². The van der Waals surface area contributed by atoms with E-state index in [1.165, 1.54) is 10.4 Å². The van der Waals surface area contributed by atoms with Crippen molar-refractivity contribution in [1.82, 2.24) is 15.2 Å². The summed E-state index contributed by atoms with van der Waals surface area (Å²) in [4.78, 5) is 7.97. The first-order chi connectivity index (χ1) is 9.88. The summed E-state index contributed by atoms with van der Waals surface area (Å²) < 4.78 is 0. The van der Waals surface area contributed by atoms with Gasteiger partial charge in [0.15, 0.2) is 0 Å². The summed E-state index contributed by atoms with van der Waals surface area (Å²) in [5.74, 6) is 0. The Kier molecular flexibility index (Phi) is 6.71. The molecule has 0 aliphatic carbocycles. The zero-order valence-corrected chi connectivity index (χ0v) is 12.9. The predicted octanol–water partition coefficient (Wildman–Crippen LogP) is 2.80. The Hall–Kier alpha value is -1.23. The third-order valence-corrected chi connectivity index (χ3v) is 4.27. The number of hydrogen-bond donors (Lipinski definition) is 1. The van der Waals surface area contributed by atoms with E-state index in [9.17, 15) is 0 Å². The van der Waals surface area contributed by atoms with Crippen LogP contribution < -0.4 is 5.32 Å². The van der Waals surface area contributed by atoms with E-state index in [0.717, 1.165) is 39.1 Å². The van der Waals surface area contributed by atoms with Crippen molar-refractivity contribution in [2.45, 2.75) is 19.9 Å². The lowest BCUT2D eigenvalue weighted by atomic mass is 10.2. The van der Waals surface area contributed by atoms with E-state index in [0.29, 0.717) is 0 Å². The van der Waals surface area contributed by atoms with Crippen LogP contribution in [0.25, 0.3) is 0 Å². The van der Waals surface area contributed by atoms with E-state index in [1.54, 1.807) is 0 Å². The van der Waals surface area contributed by atoms with E-state index in [-0.39, 0.29) is 0 Å². The number of likely N-dealkylation sites (N-methyl/N-ethyl adjacent to an activating group) is 1. The second kappa shape index (κ2) is 8.84. The molecule has 0 aliphatic heterocycles. The average molecular weight is 289 g/mol. The molecule has 0 saturated heterocycles. The minimum Gasteiger partial charge on any atom is -0.315 e. The number of nitrogens with zero attached hydrogens (tertiary/aromatic N) is 2. The van der Waals surface area contributed by atoms with Crippen LogP contribution in [0.2, 0.25) is 0 Å². The first-order valence-electron chi connectivity index (χ1n) is 7.23. The second-order valence-electron chi connectivity index (χ2n) is 4.80. The lowest BCUT2D eigenvalue weighted by Crippen LogP contribution is -2.32. The minimum absolute atomic E-state index is 1.01. The van der Waals surface area contributed by atoms with Gasteiger partial charge in [-0.1, -0.05) is 13.0 Å². The number of pyridine rings is 1. The lowest BCUT2D eigenvalue weighted by Gasteiger charge is -2.20. The molecular formula is C16H23N3S. The summed E-state index contributed by atoms with van der Waals surface area (Å²) in [6.07, 6.45) is 4.86. The van der Waals surface area contributed by atoms with Crippen LogP contribution in [0.5, 0.6) is 0 Å². The van der Waals surface area contributed by atoms with Gasteiger partial charge in [-0.2, -0.15) is 0 Å². The topological polar surface area (TPSA) is 28.2 Å². The van der Waals surface area contributed by atoms with E-state index in [4.69, 9.17) is 0 Å². The molecule has 0 fully saturated rings. The molecule has 0 aliphatic rings. The first-order valence-corrected chi connectivity index (χ1v) is 8.11. The Morgan fingerprint density at radius 1 is 1.20 bits per heavy atom. The third-order valence-electron chi connectivity index (χ3n) is 3.34. The number of nitrogens with one attached hydrogen (secondary N) is 1. The number of hydrogen-bond acceptors (Lipinski definition) is 4. The maximum Gasteiger partial charge on any atom is 0.0271 e. The molecule has 108 valence electrons. The SMILES string of the molecule is CCN(CCNCCc1cccs1)Cc1ccncc1. The van der Waals surface area contributed by atoms with Crippen molar-refractivity contribution in [3.8, 4) is 0 Å². The summed E-state index contributed by atoms with van der Waals surface area (Å²) in [5.41, 5.74) is 1.33. The van der Waals surface area contributed by atoms with Gasteiger partial charge in [0.25, 0.3) is 0 Å². The fraction of sp³-hybridized carbons (Fsp3) is 0.438. The van der Waals surface area contributed by atoms with Crippen molar-refractivity contribution >= 4 is 11.3 Å². The highest BCUT2D eigenvalue weighted by Gasteiger charge is 2.03. The minimum atomic E-state index is 1.01. The molecular weight excluding hydrogens is 266 g/mol. The summed E-state index contributed by atoms with van der Waals surface area (Å²) in [7, 11) is 0. The molecule has 0 spiro atoms. The van der Waals surface area contributed by atoms with Gasteiger partial charge in [0.2, 0.25) is 0 Å². The average Bonchev–Trinajstić information content (AvgIpc) is 3.00. The Morgan fingerprint density at radius 2 is 2.05 bits per heavy atom. The second-order valence-corrected chi connectivity index (χ2v) is 5.84. The van der Waals surface area contributed by atoms with Crippen LogP contribution in [0.15, 0.2) is 42.0 Å². The predicted molar refractivity (Wildman–Crippen MR) is 86.1 cm³/mol. The summed E-state index contributed by atoms with van der Waals surface area (Å²) in [6, 6.07) is 8.50. The number of aromatic nitrogens is 1. The molecule has 1 N–H and O–H groups in total. The van der Waals surface area contributed by atoms with Crippen LogP contribution in [0.1, 0.15) is 17.4 Å². The molecule has 0 aromatic carbocycles. The van der Waals surface area contributed by atoms with Crippen molar-refractivity contribution in [2.75, 3.05) is 26.2 Å². The highest BCUT2D eigenvalue weighted by atomic mass is 32.1. The molecule has 3 nitrogen and oxygen atoms in total. The molecule has 0 amide bonds. The van der Waals surface area contributed by atoms with Crippen molar-refractivity contribution in [3.05, 3.63) is 52.5 Å². The molecule has 0 bridgehead atoms. The standard InChI is InChI=1S/C16H23N3S/c1-2-19(14-15-5-8-17-9-6-15)12-11-18-10-7-16-4-3-13-20-16/h3-6,8-9,13,18H,2,7,10-12,14H2,1H3. The fourth-order valence-electron chi connectivity index (χ4n) is 2.12. The first kappa shape index (κ1) is 15.2. The number of thiophene rings is 1. The van der Waals surface area contributed by atoms with Crippen molar-refractivity contribution < 1.29 is 0 Å². The van der Waals surface area contributed by atoms with Gasteiger partial charge in [0, 0.05) is 43.4 Å². The normalized spacial score (nSPS) is 11.1. The van der Waals surface area contributed by atoms with Crippen molar-refractivity contribution in [2.24, 2.45) is 0 Å². The van der Waals surface area contributed by atoms with Crippen LogP contribution >= 0.6 is 11.3 Å². The van der Waals surface area contributed by atoms with E-state index < -0.39 is 0 Å². The number of rotatable bonds is 9. The molecule has 4 heteroatoms. The molecule has 0 atom stereocenters. The Morgan fingerprint density at radius 3 is 2.75 bits per heavy atom. The Balaban J connectivity index is 1.61. The third kappa shape index (κ3) is 5.41. The molecule has 0 radical (unpaired) electrons. The largest absolute Gasteiger partial charge is 0.315 e. The molecule has 2 aromatic heterocycles. The monoisotopic (exact) mass is 289 g/mol. The highest BCUT2D eigenvalue weighted by Crippen LogP contribution is 2.08. The van der Waals surface area contributed by atoms with Gasteiger partial charge in [0.1, 0.15) is 0 Å². The van der Waals surface area contributed by atoms with Crippen LogP contribution in [0.4, 0.5) is 0 Å². The molecule has 0 unspecified atom stereocenters. The quantitative estimate of drug-likeness (QED) is 0.720. The Bertz CT molecular complexity index is 456. The molecule has 0 saturated carbocycles. The zero-order valence-electron chi connectivity index (χ0n) is 12.1. The van der Waals surface area contributed by atoms with E-state index >= 15 is 0 Å². The van der Waals surface area contributed by atoms with E-state index in [1.807, 2.05) is 23.7 Å². The smallest absolute Gasteiger partial charge is 0.0271 e. The molecule has 2 aromatic rings. The van der Waals surface area contributed by atoms with Gasteiger partial charge >= 0.3 is 0 Å². The van der Waals surface area contributed by atoms with Crippen LogP contribution in [0.3, 0.4) is 0 Å². The summed E-state index contributed by atoms with van der Waals surface area (Å²) in [6.45, 7) is 7.49. The molecule has 2 heterocycles. The van der Waals surface area contributed by atoms with Gasteiger partial charge in [-0.15, -0.1) is 11.3 Å². The van der Waals surface area contributed by atoms with E-state index in [2.05, 4.69) is 51.8 Å². The van der Waals surface area contributed by atoms with Gasteiger partial charge in [-0.25, -0.2) is 0 Å². The highest BCUT2D eigenvalue weighted by molar-refractivity contribution is 7.09. The van der Waals surface area contributed by atoms with Crippen LogP contribution in [-0.2, 0) is 13.0 Å². The van der Waals surface area contributed by atoms with Crippen LogP contribution in [-0.4, -0.2) is 36.1 Å². The summed E-state index contributed by atoms with van der Waals surface area (Å²) in [5, 5.41) is 5.67. The van der Waals surface area contributed by atoms with Gasteiger partial charge in [-0.3, -0.25) is 9.88 Å². The molecule has 2 rings (SSSR count). The van der Waals surface area contributed by atoms with Crippen molar-refractivity contribution in [1.29, 1.82) is 0 Å². The summed E-state index contributed by atoms with van der Waals surface area (Å²) >= 11 is 1.84. The maximum absolute atomic E-state index is 4.06. The fourth-order valence-corrected chi connectivity index (χ4v) is 2.83. The van der Waals surface area contributed by atoms with Crippen molar-refractivity contribution in [3.63, 3.8) is 0 Å². The maximum atomic E-state index is 4.06. The van der Waals surface area contributed by atoms with Gasteiger partial charge in [-0.05, 0) is 42.1 Å². The van der Waals surface area contributed by atoms with Crippen LogP contribution in [0, 0.1) is 0 Å². The van der Waals surface area contributed by atoms with Gasteiger partial charge in [0.05, 0.1) is 0 Å². The zero-order chi connectivity index (χ0) is 14.0. The molecule has 20 heavy (non-hydrogen) atoms. The lowest BCUT2D eigenvalue weighted by molar-refractivity contribution is 0.279. The Labute approximate surface area is 125 Å².